The molecule has 1 saturated carbocycles. The summed E-state index contributed by atoms with van der Waals surface area (Å²) in [7, 11) is 4.52. The maximum Gasteiger partial charge on any atom is 0.0455 e. The summed E-state index contributed by atoms with van der Waals surface area (Å²) in [5.74, 6) is 0. The van der Waals surface area contributed by atoms with Gasteiger partial charge in [-0.05, 0) is 76.7 Å². The Labute approximate surface area is 142 Å². The summed E-state index contributed by atoms with van der Waals surface area (Å²) >= 11 is 0. The fourth-order valence-electron chi connectivity index (χ4n) is 4.83. The summed E-state index contributed by atoms with van der Waals surface area (Å²) in [4.78, 5) is 5.03. The second-order valence-corrected chi connectivity index (χ2v) is 7.88. The zero-order valence-electron chi connectivity index (χ0n) is 14.9. The Morgan fingerprint density at radius 3 is 2.13 bits per heavy atom. The maximum absolute atomic E-state index is 3.88. The Morgan fingerprint density at radius 1 is 1.00 bits per heavy atom. The van der Waals surface area contributed by atoms with Crippen LogP contribution in [0.4, 0.5) is 0 Å². The highest BCUT2D eigenvalue weighted by molar-refractivity contribution is 5.25. The van der Waals surface area contributed by atoms with Gasteiger partial charge in [-0.1, -0.05) is 36.4 Å². The van der Waals surface area contributed by atoms with Crippen LogP contribution in [0.5, 0.6) is 0 Å². The molecule has 2 heteroatoms. The van der Waals surface area contributed by atoms with Gasteiger partial charge in [-0.3, -0.25) is 9.80 Å². The van der Waals surface area contributed by atoms with E-state index < -0.39 is 0 Å². The minimum Gasteiger partial charge on any atom is -0.300 e. The second kappa shape index (κ2) is 6.78. The maximum atomic E-state index is 3.88. The van der Waals surface area contributed by atoms with Crippen LogP contribution in [0.3, 0.4) is 0 Å². The molecule has 0 atom stereocenters. The van der Waals surface area contributed by atoms with E-state index in [0.29, 0.717) is 5.41 Å². The van der Waals surface area contributed by atoms with Crippen molar-refractivity contribution in [3.63, 3.8) is 0 Å². The summed E-state index contributed by atoms with van der Waals surface area (Å²) in [6.07, 6.45) is 10.1. The van der Waals surface area contributed by atoms with E-state index in [-0.39, 0.29) is 5.54 Å². The summed E-state index contributed by atoms with van der Waals surface area (Å²) in [6, 6.07) is 11.2. The predicted octanol–water partition coefficient (Wildman–Crippen LogP) is 4.29. The molecule has 2 fully saturated rings. The summed E-state index contributed by atoms with van der Waals surface area (Å²) in [5, 5.41) is 0. The first kappa shape index (κ1) is 16.7. The van der Waals surface area contributed by atoms with Crippen LogP contribution in [0.1, 0.15) is 44.1 Å². The van der Waals surface area contributed by atoms with E-state index in [0.717, 1.165) is 6.54 Å². The standard InChI is InChI=1S/C21H32N2/c1-4-16-23-17-14-20(15-18-23)10-12-21(13-11-20,22(2)3)19-8-6-5-7-9-19/h4-9H,1,10-18H2,2-3H3. The second-order valence-electron chi connectivity index (χ2n) is 7.88. The molecule has 1 aliphatic carbocycles. The monoisotopic (exact) mass is 312 g/mol. The quantitative estimate of drug-likeness (QED) is 0.765. The molecule has 0 bridgehead atoms. The van der Waals surface area contributed by atoms with Gasteiger partial charge in [0.25, 0.3) is 0 Å². The van der Waals surface area contributed by atoms with E-state index in [1.165, 1.54) is 57.2 Å². The molecule has 2 aliphatic rings. The van der Waals surface area contributed by atoms with Crippen LogP contribution in [0.15, 0.2) is 43.0 Å². The van der Waals surface area contributed by atoms with E-state index in [2.05, 4.69) is 60.8 Å². The Bertz CT molecular complexity index is 502. The molecule has 1 aromatic carbocycles. The number of likely N-dealkylation sites (tertiary alicyclic amines) is 1. The molecule has 0 radical (unpaired) electrons. The molecule has 1 spiro atoms. The van der Waals surface area contributed by atoms with Crippen molar-refractivity contribution in [1.29, 1.82) is 0 Å². The van der Waals surface area contributed by atoms with Gasteiger partial charge in [-0.2, -0.15) is 0 Å². The Morgan fingerprint density at radius 2 is 1.61 bits per heavy atom. The van der Waals surface area contributed by atoms with E-state index in [1.54, 1.807) is 0 Å². The van der Waals surface area contributed by atoms with Gasteiger partial charge in [-0.15, -0.1) is 6.58 Å². The van der Waals surface area contributed by atoms with Gasteiger partial charge in [0.2, 0.25) is 0 Å². The Hall–Kier alpha value is -1.12. The molecule has 126 valence electrons. The third-order valence-corrected chi connectivity index (χ3v) is 6.61. The Balaban J connectivity index is 1.70. The SMILES string of the molecule is C=CCN1CCC2(CC1)CCC(c1ccccc1)(N(C)C)CC2. The van der Waals surface area contributed by atoms with Crippen LogP contribution in [0.25, 0.3) is 0 Å². The van der Waals surface area contributed by atoms with Gasteiger partial charge in [-0.25, -0.2) is 0 Å². The van der Waals surface area contributed by atoms with Gasteiger partial charge < -0.3 is 0 Å². The summed E-state index contributed by atoms with van der Waals surface area (Å²) in [5.41, 5.74) is 2.35. The summed E-state index contributed by atoms with van der Waals surface area (Å²) < 4.78 is 0. The highest BCUT2D eigenvalue weighted by atomic mass is 15.2. The molecule has 2 nitrogen and oxygen atoms in total. The first-order valence-electron chi connectivity index (χ1n) is 9.17. The average molecular weight is 313 g/mol. The fraction of sp³-hybridized carbons (Fsp3) is 0.619. The van der Waals surface area contributed by atoms with Crippen LogP contribution < -0.4 is 0 Å². The molecule has 3 rings (SSSR count). The molecule has 0 N–H and O–H groups in total. The molecule has 1 heterocycles. The molecule has 23 heavy (non-hydrogen) atoms. The lowest BCUT2D eigenvalue weighted by Crippen LogP contribution is -2.49. The predicted molar refractivity (Wildman–Crippen MR) is 98.6 cm³/mol. The van der Waals surface area contributed by atoms with Crippen molar-refractivity contribution in [2.45, 2.75) is 44.1 Å². The smallest absolute Gasteiger partial charge is 0.0455 e. The van der Waals surface area contributed by atoms with Gasteiger partial charge in [0.05, 0.1) is 0 Å². The lowest BCUT2D eigenvalue weighted by molar-refractivity contribution is -0.000166. The first-order chi connectivity index (χ1) is 11.1. The number of piperidine rings is 1. The van der Waals surface area contributed by atoms with Crippen LogP contribution in [-0.4, -0.2) is 43.5 Å². The van der Waals surface area contributed by atoms with Gasteiger partial charge in [0.1, 0.15) is 0 Å². The molecule has 0 aromatic heterocycles. The van der Waals surface area contributed by atoms with E-state index in [1.807, 2.05) is 6.08 Å². The molecular formula is C21H32N2. The van der Waals surface area contributed by atoms with E-state index in [4.69, 9.17) is 0 Å². The number of benzene rings is 1. The fourth-order valence-corrected chi connectivity index (χ4v) is 4.83. The van der Waals surface area contributed by atoms with Crippen LogP contribution in [0, 0.1) is 5.41 Å². The van der Waals surface area contributed by atoms with Crippen molar-refractivity contribution in [3.05, 3.63) is 48.6 Å². The topological polar surface area (TPSA) is 6.48 Å². The molecule has 0 unspecified atom stereocenters. The Kier molecular flexibility index (Phi) is 4.93. The number of hydrogen-bond acceptors (Lipinski definition) is 2. The molecule has 0 amide bonds. The normalized spacial score (nSPS) is 24.0. The van der Waals surface area contributed by atoms with Gasteiger partial charge in [0, 0.05) is 12.1 Å². The number of nitrogens with zero attached hydrogens (tertiary/aromatic N) is 2. The highest BCUT2D eigenvalue weighted by Crippen LogP contribution is 2.52. The van der Waals surface area contributed by atoms with Crippen molar-refractivity contribution >= 4 is 0 Å². The van der Waals surface area contributed by atoms with Crippen molar-refractivity contribution in [3.8, 4) is 0 Å². The average Bonchev–Trinajstić information content (AvgIpc) is 2.59. The summed E-state index contributed by atoms with van der Waals surface area (Å²) in [6.45, 7) is 7.45. The van der Waals surface area contributed by atoms with Crippen molar-refractivity contribution in [1.82, 2.24) is 9.80 Å². The molecular weight excluding hydrogens is 280 g/mol. The lowest BCUT2D eigenvalue weighted by atomic mass is 9.61. The third-order valence-electron chi connectivity index (χ3n) is 6.61. The first-order valence-corrected chi connectivity index (χ1v) is 9.17. The highest BCUT2D eigenvalue weighted by Gasteiger charge is 2.45. The van der Waals surface area contributed by atoms with Gasteiger partial charge >= 0.3 is 0 Å². The minimum absolute atomic E-state index is 0.241. The molecule has 1 aliphatic heterocycles. The molecule has 1 saturated heterocycles. The van der Waals surface area contributed by atoms with E-state index in [9.17, 15) is 0 Å². The van der Waals surface area contributed by atoms with E-state index >= 15 is 0 Å². The minimum atomic E-state index is 0.241. The van der Waals surface area contributed by atoms with Gasteiger partial charge in [0.15, 0.2) is 0 Å². The largest absolute Gasteiger partial charge is 0.300 e. The van der Waals surface area contributed by atoms with Crippen LogP contribution in [-0.2, 0) is 5.54 Å². The zero-order chi connectivity index (χ0) is 16.3. The number of hydrogen-bond donors (Lipinski definition) is 0. The van der Waals surface area contributed by atoms with Crippen molar-refractivity contribution in [2.75, 3.05) is 33.7 Å². The zero-order valence-corrected chi connectivity index (χ0v) is 14.9. The molecule has 1 aromatic rings. The van der Waals surface area contributed by atoms with Crippen molar-refractivity contribution in [2.24, 2.45) is 5.41 Å². The van der Waals surface area contributed by atoms with Crippen molar-refractivity contribution < 1.29 is 0 Å². The van der Waals surface area contributed by atoms with Crippen LogP contribution in [0.2, 0.25) is 0 Å². The number of rotatable bonds is 4. The lowest BCUT2D eigenvalue weighted by Gasteiger charge is -2.52. The van der Waals surface area contributed by atoms with Crippen LogP contribution >= 0.6 is 0 Å². The third kappa shape index (κ3) is 3.25.